The average Bonchev–Trinajstić information content (AvgIpc) is 3.34. The van der Waals surface area contributed by atoms with Crippen molar-refractivity contribution in [1.29, 1.82) is 0 Å². The Labute approximate surface area is 205 Å². The highest BCUT2D eigenvalue weighted by Crippen LogP contribution is 2.39. The standard InChI is InChI=1S/C26H20F2N4O2S/c1-15-22(25-30-24(31-34-25)17-8-12-21(33-2)13-9-17)23(16-6-10-18(27)11-7-16)29-26(35)32(15)20-5-3-4-19(28)14-20/h3-14,23H,1-2H3,(H,29,35). The number of anilines is 1. The predicted molar refractivity (Wildman–Crippen MR) is 133 cm³/mol. The lowest BCUT2D eigenvalue weighted by Crippen LogP contribution is -2.46. The van der Waals surface area contributed by atoms with Crippen molar-refractivity contribution in [3.05, 3.63) is 102 Å². The normalized spacial score (nSPS) is 15.8. The Kier molecular flexibility index (Phi) is 6.00. The molecule has 0 radical (unpaired) electrons. The van der Waals surface area contributed by atoms with E-state index in [1.807, 2.05) is 31.2 Å². The maximum atomic E-state index is 14.0. The Balaban J connectivity index is 1.63. The second-order valence-corrected chi connectivity index (χ2v) is 8.29. The van der Waals surface area contributed by atoms with Crippen molar-refractivity contribution < 1.29 is 18.0 Å². The Morgan fingerprint density at radius 1 is 1.00 bits per heavy atom. The van der Waals surface area contributed by atoms with E-state index in [1.165, 1.54) is 24.3 Å². The highest BCUT2D eigenvalue weighted by atomic mass is 32.1. The minimum Gasteiger partial charge on any atom is -0.497 e. The summed E-state index contributed by atoms with van der Waals surface area (Å²) in [6.07, 6.45) is 0. The van der Waals surface area contributed by atoms with E-state index in [4.69, 9.17) is 21.5 Å². The molecule has 0 saturated carbocycles. The largest absolute Gasteiger partial charge is 0.497 e. The van der Waals surface area contributed by atoms with Crippen LogP contribution < -0.4 is 15.0 Å². The minimum absolute atomic E-state index is 0.263. The lowest BCUT2D eigenvalue weighted by atomic mass is 9.94. The van der Waals surface area contributed by atoms with Gasteiger partial charge in [-0.1, -0.05) is 23.4 Å². The third-order valence-electron chi connectivity index (χ3n) is 5.76. The van der Waals surface area contributed by atoms with E-state index < -0.39 is 6.04 Å². The molecule has 176 valence electrons. The fourth-order valence-electron chi connectivity index (χ4n) is 4.04. The molecule has 1 aromatic heterocycles. The first-order chi connectivity index (χ1) is 16.9. The molecule has 1 N–H and O–H groups in total. The fraction of sp³-hybridized carbons (Fsp3) is 0.115. The summed E-state index contributed by atoms with van der Waals surface area (Å²) in [5.74, 6) is 0.628. The number of methoxy groups -OCH3 is 1. The van der Waals surface area contributed by atoms with Gasteiger partial charge < -0.3 is 14.6 Å². The molecule has 0 bridgehead atoms. The highest BCUT2D eigenvalue weighted by Gasteiger charge is 2.35. The van der Waals surface area contributed by atoms with E-state index in [-0.39, 0.29) is 17.5 Å². The van der Waals surface area contributed by atoms with Crippen molar-refractivity contribution >= 4 is 28.6 Å². The topological polar surface area (TPSA) is 63.4 Å². The van der Waals surface area contributed by atoms with Crippen LogP contribution in [0.25, 0.3) is 17.0 Å². The molecule has 1 unspecified atom stereocenters. The number of nitrogens with one attached hydrogen (secondary N) is 1. The molecule has 3 aromatic carbocycles. The summed E-state index contributed by atoms with van der Waals surface area (Å²) in [5, 5.41) is 7.80. The molecule has 0 spiro atoms. The summed E-state index contributed by atoms with van der Waals surface area (Å²) < 4.78 is 38.6. The summed E-state index contributed by atoms with van der Waals surface area (Å²) in [6.45, 7) is 1.85. The van der Waals surface area contributed by atoms with Crippen LogP contribution in [0.1, 0.15) is 24.4 Å². The van der Waals surface area contributed by atoms with Crippen LogP contribution in [0.3, 0.4) is 0 Å². The van der Waals surface area contributed by atoms with Crippen LogP contribution in [0.15, 0.2) is 83.0 Å². The number of ether oxygens (including phenoxy) is 1. The number of halogens is 2. The van der Waals surface area contributed by atoms with Crippen LogP contribution in [0.4, 0.5) is 14.5 Å². The third kappa shape index (κ3) is 4.38. The van der Waals surface area contributed by atoms with Gasteiger partial charge in [-0.25, -0.2) is 8.78 Å². The van der Waals surface area contributed by atoms with Gasteiger partial charge in [0.25, 0.3) is 5.89 Å². The zero-order chi connectivity index (χ0) is 24.5. The summed E-state index contributed by atoms with van der Waals surface area (Å²) >= 11 is 5.65. The predicted octanol–water partition coefficient (Wildman–Crippen LogP) is 5.89. The Hall–Kier alpha value is -4.11. The molecule has 5 rings (SSSR count). The second kappa shape index (κ2) is 9.27. The highest BCUT2D eigenvalue weighted by molar-refractivity contribution is 7.80. The van der Waals surface area contributed by atoms with Crippen molar-refractivity contribution in [1.82, 2.24) is 15.5 Å². The van der Waals surface area contributed by atoms with E-state index in [1.54, 1.807) is 36.3 Å². The number of nitrogens with zero attached hydrogens (tertiary/aromatic N) is 3. The van der Waals surface area contributed by atoms with E-state index in [0.717, 1.165) is 11.1 Å². The van der Waals surface area contributed by atoms with Gasteiger partial charge in [0.15, 0.2) is 5.11 Å². The van der Waals surface area contributed by atoms with Crippen LogP contribution in [-0.4, -0.2) is 22.4 Å². The van der Waals surface area contributed by atoms with Gasteiger partial charge in [-0.15, -0.1) is 0 Å². The number of rotatable bonds is 5. The zero-order valence-electron chi connectivity index (χ0n) is 18.8. The molecule has 1 atom stereocenters. The van der Waals surface area contributed by atoms with Gasteiger partial charge in [0.05, 0.1) is 24.4 Å². The quantitative estimate of drug-likeness (QED) is 0.350. The number of thiocarbonyl (C=S) groups is 1. The van der Waals surface area contributed by atoms with Crippen LogP contribution in [0, 0.1) is 11.6 Å². The Morgan fingerprint density at radius 3 is 2.43 bits per heavy atom. The van der Waals surface area contributed by atoms with Gasteiger partial charge in [0.1, 0.15) is 17.4 Å². The summed E-state index contributed by atoms with van der Waals surface area (Å²) in [7, 11) is 1.59. The van der Waals surface area contributed by atoms with Gasteiger partial charge in [-0.2, -0.15) is 4.98 Å². The number of hydrogen-bond donors (Lipinski definition) is 1. The Morgan fingerprint density at radius 2 is 1.74 bits per heavy atom. The first-order valence-electron chi connectivity index (χ1n) is 10.8. The van der Waals surface area contributed by atoms with Gasteiger partial charge in [0, 0.05) is 11.3 Å². The van der Waals surface area contributed by atoms with E-state index in [2.05, 4.69) is 15.5 Å². The molecule has 0 amide bonds. The first kappa shape index (κ1) is 22.7. The number of allylic oxidation sites excluding steroid dienone is 1. The number of hydrogen-bond acceptors (Lipinski definition) is 5. The molecule has 9 heteroatoms. The average molecular weight is 491 g/mol. The molecule has 0 saturated heterocycles. The van der Waals surface area contributed by atoms with Crippen LogP contribution in [0.2, 0.25) is 0 Å². The van der Waals surface area contributed by atoms with Crippen molar-refractivity contribution in [2.75, 3.05) is 12.0 Å². The fourth-order valence-corrected chi connectivity index (χ4v) is 4.40. The third-order valence-corrected chi connectivity index (χ3v) is 6.06. The van der Waals surface area contributed by atoms with Crippen molar-refractivity contribution in [3.63, 3.8) is 0 Å². The van der Waals surface area contributed by atoms with Crippen LogP contribution >= 0.6 is 12.2 Å². The van der Waals surface area contributed by atoms with Crippen LogP contribution in [0.5, 0.6) is 5.75 Å². The molecule has 6 nitrogen and oxygen atoms in total. The molecule has 1 aliphatic rings. The molecule has 0 aliphatic carbocycles. The van der Waals surface area contributed by atoms with Gasteiger partial charge in [-0.05, 0) is 79.3 Å². The summed E-state index contributed by atoms with van der Waals surface area (Å²) in [4.78, 5) is 6.35. The molecule has 2 heterocycles. The number of benzene rings is 3. The first-order valence-corrected chi connectivity index (χ1v) is 11.2. The maximum Gasteiger partial charge on any atom is 0.258 e. The minimum atomic E-state index is -0.489. The Bertz CT molecular complexity index is 1420. The van der Waals surface area contributed by atoms with Crippen molar-refractivity contribution in [3.8, 4) is 17.1 Å². The lowest BCUT2D eigenvalue weighted by molar-refractivity contribution is 0.404. The van der Waals surface area contributed by atoms with E-state index >= 15 is 0 Å². The monoisotopic (exact) mass is 490 g/mol. The smallest absolute Gasteiger partial charge is 0.258 e. The van der Waals surface area contributed by atoms with E-state index in [9.17, 15) is 8.78 Å². The molecular weight excluding hydrogens is 470 g/mol. The molecule has 35 heavy (non-hydrogen) atoms. The summed E-state index contributed by atoms with van der Waals surface area (Å²) in [5.41, 5.74) is 3.37. The maximum absolute atomic E-state index is 14.0. The van der Waals surface area contributed by atoms with E-state index in [0.29, 0.717) is 33.6 Å². The number of aromatic nitrogens is 2. The van der Waals surface area contributed by atoms with Crippen molar-refractivity contribution in [2.24, 2.45) is 0 Å². The van der Waals surface area contributed by atoms with Gasteiger partial charge >= 0.3 is 0 Å². The lowest BCUT2D eigenvalue weighted by Gasteiger charge is -2.37. The van der Waals surface area contributed by atoms with Crippen LogP contribution in [-0.2, 0) is 0 Å². The molecule has 1 aliphatic heterocycles. The van der Waals surface area contributed by atoms with Gasteiger partial charge in [-0.3, -0.25) is 4.90 Å². The molecule has 4 aromatic rings. The second-order valence-electron chi connectivity index (χ2n) is 7.90. The SMILES string of the molecule is COc1ccc(-c2noc(C3=C(C)N(c4cccc(F)c4)C(=S)NC3c3ccc(F)cc3)n2)cc1. The van der Waals surface area contributed by atoms with Crippen molar-refractivity contribution in [2.45, 2.75) is 13.0 Å². The van der Waals surface area contributed by atoms with Gasteiger partial charge in [0.2, 0.25) is 5.82 Å². The molecular formula is C26H20F2N4O2S. The molecule has 0 fully saturated rings. The summed E-state index contributed by atoms with van der Waals surface area (Å²) in [6, 6.07) is 19.0. The zero-order valence-corrected chi connectivity index (χ0v) is 19.6.